The molecule has 1 N–H and O–H groups in total. The summed E-state index contributed by atoms with van der Waals surface area (Å²) < 4.78 is 68.7. The molecule has 2 heterocycles. The van der Waals surface area contributed by atoms with E-state index in [0.29, 0.717) is 17.9 Å². The smallest absolute Gasteiger partial charge is 0.500 e. The number of hydrogen-bond acceptors (Lipinski definition) is 2. The van der Waals surface area contributed by atoms with Crippen LogP contribution in [0.25, 0.3) is 22.8 Å². The van der Waals surface area contributed by atoms with E-state index in [-0.39, 0.29) is 17.1 Å². The Morgan fingerprint density at radius 2 is 1.62 bits per heavy atom. The zero-order valence-electron chi connectivity index (χ0n) is 14.7. The highest BCUT2D eigenvalue weighted by molar-refractivity contribution is 5.66. The molecule has 0 aliphatic carbocycles. The minimum absolute atomic E-state index is 0.0308. The van der Waals surface area contributed by atoms with Crippen LogP contribution in [0.1, 0.15) is 5.56 Å². The molecule has 2 aromatic carbocycles. The number of fused-ring (bicyclic) bond motifs is 1. The number of hydrogen-bond donors (Lipinski definition) is 0. The molecule has 4 nitrogen and oxygen atoms in total. The molecule has 0 bridgehead atoms. The molecule has 2 aliphatic heterocycles. The molecule has 0 saturated carbocycles. The van der Waals surface area contributed by atoms with Crippen molar-refractivity contribution in [3.8, 4) is 28.5 Å². The molecule has 2 aromatic rings. The molecular formula is C20H13F5N3O+. The van der Waals surface area contributed by atoms with Crippen LogP contribution in [0.2, 0.25) is 0 Å². The van der Waals surface area contributed by atoms with E-state index in [4.69, 9.17) is 0 Å². The van der Waals surface area contributed by atoms with Gasteiger partial charge < -0.3 is 9.30 Å². The Morgan fingerprint density at radius 1 is 0.897 bits per heavy atom. The summed E-state index contributed by atoms with van der Waals surface area (Å²) in [6.07, 6.45) is -1.22. The number of rotatable bonds is 4. The number of alkyl halides is 3. The molecule has 0 aromatic heterocycles. The molecule has 0 atom stereocenters. The molecule has 0 radical (unpaired) electrons. The zero-order chi connectivity index (χ0) is 20.6. The number of pyridine rings is 1. The number of aromatic hydroxyl groups is 1. The number of nitrogens with zero attached hydrogens (tertiary/aromatic N) is 3. The van der Waals surface area contributed by atoms with Gasteiger partial charge in [0.1, 0.15) is 5.69 Å². The average Bonchev–Trinajstić information content (AvgIpc) is 3.07. The van der Waals surface area contributed by atoms with E-state index < -0.39 is 18.0 Å². The standard InChI is InChI=1S/C20H12F5N3O/c21-15-3-1-2-14(18(15)22)19-26-16-8-9-28(11-17(16)27-19)10-12-4-6-13(7-5-12)29-20(23,24)25/h1-9,11H,10H2/p+1. The van der Waals surface area contributed by atoms with Gasteiger partial charge in [-0.2, -0.15) is 0 Å². The third-order valence-corrected chi connectivity index (χ3v) is 4.18. The summed E-state index contributed by atoms with van der Waals surface area (Å²) in [5.41, 5.74) is 1.72. The van der Waals surface area contributed by atoms with Gasteiger partial charge in [0, 0.05) is 31.1 Å². The number of aliphatic hydroxyl groups is 1. The van der Waals surface area contributed by atoms with Crippen molar-refractivity contribution in [2.75, 3.05) is 0 Å². The zero-order valence-corrected chi connectivity index (χ0v) is 14.7. The number of halogens is 5. The van der Waals surface area contributed by atoms with Gasteiger partial charge in [0.05, 0.1) is 11.3 Å². The van der Waals surface area contributed by atoms with Gasteiger partial charge in [-0.25, -0.2) is 18.7 Å². The summed E-state index contributed by atoms with van der Waals surface area (Å²) in [5, 5.41) is 0. The first-order valence-corrected chi connectivity index (χ1v) is 8.45. The highest BCUT2D eigenvalue weighted by Crippen LogP contribution is 2.28. The van der Waals surface area contributed by atoms with Crippen LogP contribution in [0, 0.1) is 11.6 Å². The lowest BCUT2D eigenvalue weighted by molar-refractivity contribution is -0.368. The Labute approximate surface area is 161 Å². The number of imidazole rings is 1. The summed E-state index contributed by atoms with van der Waals surface area (Å²) in [5.74, 6) is -2.09. The van der Waals surface area contributed by atoms with Gasteiger partial charge in [-0.1, -0.05) is 19.2 Å². The van der Waals surface area contributed by atoms with Crippen molar-refractivity contribution < 1.29 is 26.7 Å². The van der Waals surface area contributed by atoms with Crippen molar-refractivity contribution in [2.45, 2.75) is 12.9 Å². The van der Waals surface area contributed by atoms with Crippen LogP contribution in [0.4, 0.5) is 22.0 Å². The highest BCUT2D eigenvalue weighted by Gasteiger charge is 2.38. The molecule has 0 saturated heterocycles. The Balaban J connectivity index is 1.57. The lowest BCUT2D eigenvalue weighted by Crippen LogP contribution is -2.13. The number of ether oxygens (including phenoxy) is 1. The Morgan fingerprint density at radius 3 is 2.34 bits per heavy atom. The first-order chi connectivity index (χ1) is 13.8. The lowest BCUT2D eigenvalue weighted by Gasteiger charge is -2.09. The van der Waals surface area contributed by atoms with Crippen LogP contribution in [0.15, 0.2) is 60.9 Å². The average molecular weight is 406 g/mol. The van der Waals surface area contributed by atoms with Crippen molar-refractivity contribution in [3.63, 3.8) is 0 Å². The van der Waals surface area contributed by atoms with Gasteiger partial charge in [-0.3, -0.25) is 0 Å². The largest absolute Gasteiger partial charge is 0.694 e. The molecule has 148 valence electrons. The summed E-state index contributed by atoms with van der Waals surface area (Å²) >= 11 is 0. The third kappa shape index (κ3) is 4.18. The quantitative estimate of drug-likeness (QED) is 0.348. The van der Waals surface area contributed by atoms with Crippen molar-refractivity contribution in [2.24, 2.45) is 0 Å². The van der Waals surface area contributed by atoms with Crippen LogP contribution in [-0.4, -0.2) is 25.6 Å². The van der Waals surface area contributed by atoms with Crippen LogP contribution in [0.5, 0.6) is 5.75 Å². The minimum Gasteiger partial charge on any atom is -0.500 e. The lowest BCUT2D eigenvalue weighted by atomic mass is 10.2. The van der Waals surface area contributed by atoms with Gasteiger partial charge >= 0.3 is 6.36 Å². The van der Waals surface area contributed by atoms with E-state index in [1.54, 1.807) is 35.2 Å². The second-order valence-corrected chi connectivity index (χ2v) is 6.28. The fraction of sp³-hybridized carbons (Fsp3) is 0.100. The number of aromatic nitrogens is 3. The molecule has 0 unspecified atom stereocenters. The van der Waals surface area contributed by atoms with Crippen LogP contribution in [-0.2, 0) is 6.54 Å². The Kier molecular flexibility index (Phi) is 4.65. The van der Waals surface area contributed by atoms with Crippen LogP contribution < -0.4 is 0 Å². The fourth-order valence-electron chi connectivity index (χ4n) is 2.88. The van der Waals surface area contributed by atoms with Crippen molar-refractivity contribution in [3.05, 3.63) is 78.1 Å². The molecule has 4 rings (SSSR count). The maximum atomic E-state index is 14.0. The molecule has 2 aliphatic rings. The summed E-state index contributed by atoms with van der Waals surface area (Å²) in [6.45, 7) is 0.374. The summed E-state index contributed by atoms with van der Waals surface area (Å²) in [6, 6.07) is 11.1. The highest BCUT2D eigenvalue weighted by atomic mass is 19.4. The maximum absolute atomic E-state index is 14.0. The molecule has 0 fully saturated rings. The molecule has 9 heteroatoms. The molecule has 0 amide bonds. The van der Waals surface area contributed by atoms with Crippen LogP contribution in [0.3, 0.4) is 0 Å². The normalized spacial score (nSPS) is 11.8. The van der Waals surface area contributed by atoms with Gasteiger partial charge in [-0.15, -0.1) is 0 Å². The van der Waals surface area contributed by atoms with Gasteiger partial charge in [0.2, 0.25) is 0 Å². The van der Waals surface area contributed by atoms with E-state index in [1.807, 2.05) is 0 Å². The number of benzene rings is 2. The van der Waals surface area contributed by atoms with Gasteiger partial charge in [0.15, 0.2) is 17.5 Å². The second kappa shape index (κ2) is 7.16. The predicted octanol–water partition coefficient (Wildman–Crippen LogP) is 5.14. The SMILES string of the molecule is Fc1cccc(-c2nc3ccn(Cc4ccc([OH+]C(F)(F)F)cc4)cc-3n2)c1F. The topological polar surface area (TPSA) is 43.5 Å². The second-order valence-electron chi connectivity index (χ2n) is 6.28. The predicted molar refractivity (Wildman–Crippen MR) is 95.3 cm³/mol. The Hall–Kier alpha value is -3.49. The fourth-order valence-corrected chi connectivity index (χ4v) is 2.88. The summed E-state index contributed by atoms with van der Waals surface area (Å²) in [4.78, 5) is 8.49. The Bertz CT molecular complexity index is 1120. The van der Waals surface area contributed by atoms with Crippen molar-refractivity contribution in [1.29, 1.82) is 0 Å². The molecule has 0 spiro atoms. The monoisotopic (exact) mass is 406 g/mol. The third-order valence-electron chi connectivity index (χ3n) is 4.18. The minimum atomic E-state index is -4.61. The van der Waals surface area contributed by atoms with Crippen molar-refractivity contribution in [1.82, 2.24) is 14.5 Å². The van der Waals surface area contributed by atoms with E-state index in [2.05, 4.69) is 14.7 Å². The van der Waals surface area contributed by atoms with E-state index >= 15 is 0 Å². The van der Waals surface area contributed by atoms with E-state index in [1.165, 1.54) is 24.3 Å². The van der Waals surface area contributed by atoms with Crippen LogP contribution >= 0.6 is 0 Å². The first-order valence-electron chi connectivity index (χ1n) is 8.45. The first kappa shape index (κ1) is 18.9. The van der Waals surface area contributed by atoms with Crippen molar-refractivity contribution >= 4 is 0 Å². The van der Waals surface area contributed by atoms with E-state index in [0.717, 1.165) is 11.6 Å². The maximum Gasteiger partial charge on any atom is 0.694 e. The van der Waals surface area contributed by atoms with Gasteiger partial charge in [-0.05, 0) is 35.9 Å². The molecule has 29 heavy (non-hydrogen) atoms. The van der Waals surface area contributed by atoms with Gasteiger partial charge in [0.25, 0.3) is 5.75 Å². The van der Waals surface area contributed by atoms with E-state index in [9.17, 15) is 22.0 Å². The molecular weight excluding hydrogens is 393 g/mol. The summed E-state index contributed by atoms with van der Waals surface area (Å²) in [7, 11) is 0.